The Morgan fingerprint density at radius 3 is 2.88 bits per heavy atom. The van der Waals surface area contributed by atoms with Crippen LogP contribution in [0.4, 0.5) is 10.1 Å². The molecule has 2 rings (SSSR count). The van der Waals surface area contributed by atoms with Crippen LogP contribution in [0.1, 0.15) is 0 Å². The quantitative estimate of drug-likeness (QED) is 0.862. The molecule has 17 heavy (non-hydrogen) atoms. The fourth-order valence-corrected chi connectivity index (χ4v) is 1.57. The standard InChI is InChI=1S/C10H6BrClFN3O/c11-6-3-5(1-2-7(6)13)17-9-8(14)4-15-10(12)16-9/h1-4H,14H2. The molecule has 2 aromatic rings. The molecule has 88 valence electrons. The highest BCUT2D eigenvalue weighted by atomic mass is 79.9. The summed E-state index contributed by atoms with van der Waals surface area (Å²) in [5.41, 5.74) is 5.86. The Bertz CT molecular complexity index is 567. The van der Waals surface area contributed by atoms with Crippen molar-refractivity contribution in [2.24, 2.45) is 0 Å². The summed E-state index contributed by atoms with van der Waals surface area (Å²) in [4.78, 5) is 7.51. The van der Waals surface area contributed by atoms with Gasteiger partial charge in [-0.05, 0) is 45.7 Å². The predicted octanol–water partition coefficient (Wildman–Crippen LogP) is 3.41. The number of aromatic nitrogens is 2. The zero-order valence-electron chi connectivity index (χ0n) is 8.32. The van der Waals surface area contributed by atoms with Crippen LogP contribution in [-0.4, -0.2) is 9.97 Å². The maximum absolute atomic E-state index is 13.0. The van der Waals surface area contributed by atoms with Gasteiger partial charge in [0.2, 0.25) is 11.2 Å². The van der Waals surface area contributed by atoms with E-state index in [1.54, 1.807) is 0 Å². The van der Waals surface area contributed by atoms with Gasteiger partial charge in [0.1, 0.15) is 17.3 Å². The van der Waals surface area contributed by atoms with Crippen molar-refractivity contribution in [3.63, 3.8) is 0 Å². The predicted molar refractivity (Wildman–Crippen MR) is 65.6 cm³/mol. The van der Waals surface area contributed by atoms with E-state index in [2.05, 4.69) is 25.9 Å². The van der Waals surface area contributed by atoms with Gasteiger partial charge >= 0.3 is 0 Å². The molecule has 0 aliphatic heterocycles. The van der Waals surface area contributed by atoms with Crippen LogP contribution in [0, 0.1) is 5.82 Å². The lowest BCUT2D eigenvalue weighted by Crippen LogP contribution is -1.97. The number of nitrogen functional groups attached to an aromatic ring is 1. The van der Waals surface area contributed by atoms with Gasteiger partial charge in [-0.25, -0.2) is 9.37 Å². The van der Waals surface area contributed by atoms with Crippen molar-refractivity contribution >= 4 is 33.2 Å². The first-order valence-electron chi connectivity index (χ1n) is 4.47. The number of rotatable bonds is 2. The zero-order chi connectivity index (χ0) is 12.4. The lowest BCUT2D eigenvalue weighted by atomic mass is 10.3. The topological polar surface area (TPSA) is 61.0 Å². The van der Waals surface area contributed by atoms with E-state index in [4.69, 9.17) is 22.1 Å². The molecule has 2 N–H and O–H groups in total. The van der Waals surface area contributed by atoms with Crippen molar-refractivity contribution in [2.45, 2.75) is 0 Å². The molecular formula is C10H6BrClFN3O. The van der Waals surface area contributed by atoms with Gasteiger partial charge in [-0.3, -0.25) is 0 Å². The largest absolute Gasteiger partial charge is 0.437 e. The highest BCUT2D eigenvalue weighted by molar-refractivity contribution is 9.10. The average Bonchev–Trinajstić information content (AvgIpc) is 2.29. The molecule has 0 spiro atoms. The minimum absolute atomic E-state index is 0.0235. The molecule has 4 nitrogen and oxygen atoms in total. The first-order chi connectivity index (χ1) is 8.06. The Hall–Kier alpha value is -1.40. The van der Waals surface area contributed by atoms with Crippen molar-refractivity contribution in [3.05, 3.63) is 40.0 Å². The van der Waals surface area contributed by atoms with Gasteiger partial charge in [0, 0.05) is 0 Å². The summed E-state index contributed by atoms with van der Waals surface area (Å²) in [5.74, 6) is 0.134. The highest BCUT2D eigenvalue weighted by Gasteiger charge is 2.07. The number of nitrogens with zero attached hydrogens (tertiary/aromatic N) is 2. The van der Waals surface area contributed by atoms with E-state index >= 15 is 0 Å². The van der Waals surface area contributed by atoms with Gasteiger partial charge < -0.3 is 10.5 Å². The maximum atomic E-state index is 13.0. The zero-order valence-corrected chi connectivity index (χ0v) is 10.7. The van der Waals surface area contributed by atoms with E-state index in [1.807, 2.05) is 0 Å². The summed E-state index contributed by atoms with van der Waals surface area (Å²) < 4.78 is 18.7. The van der Waals surface area contributed by atoms with Crippen LogP contribution in [-0.2, 0) is 0 Å². The maximum Gasteiger partial charge on any atom is 0.247 e. The molecule has 0 saturated heterocycles. The molecular weight excluding hydrogens is 312 g/mol. The Morgan fingerprint density at radius 1 is 1.41 bits per heavy atom. The normalized spacial score (nSPS) is 10.3. The Morgan fingerprint density at radius 2 is 2.18 bits per heavy atom. The summed E-state index contributed by atoms with van der Waals surface area (Å²) in [6, 6.07) is 4.18. The van der Waals surface area contributed by atoms with E-state index < -0.39 is 0 Å². The van der Waals surface area contributed by atoms with Gasteiger partial charge in [-0.15, -0.1) is 0 Å². The van der Waals surface area contributed by atoms with Crippen molar-refractivity contribution in [1.29, 1.82) is 0 Å². The second-order valence-corrected chi connectivity index (χ2v) is 4.27. The number of hydrogen-bond acceptors (Lipinski definition) is 4. The van der Waals surface area contributed by atoms with Crippen LogP contribution in [0.2, 0.25) is 5.28 Å². The molecule has 1 heterocycles. The van der Waals surface area contributed by atoms with Crippen LogP contribution in [0.15, 0.2) is 28.9 Å². The molecule has 1 aromatic carbocycles. The van der Waals surface area contributed by atoms with Crippen LogP contribution in [0.25, 0.3) is 0 Å². The monoisotopic (exact) mass is 317 g/mol. The SMILES string of the molecule is Nc1cnc(Cl)nc1Oc1ccc(F)c(Br)c1. The molecule has 0 aliphatic carbocycles. The molecule has 0 saturated carbocycles. The highest BCUT2D eigenvalue weighted by Crippen LogP contribution is 2.28. The summed E-state index contributed by atoms with van der Waals surface area (Å²) in [6.45, 7) is 0. The number of nitrogens with two attached hydrogens (primary N) is 1. The molecule has 0 atom stereocenters. The third-order valence-electron chi connectivity index (χ3n) is 1.86. The lowest BCUT2D eigenvalue weighted by molar-refractivity contribution is 0.462. The van der Waals surface area contributed by atoms with E-state index in [9.17, 15) is 4.39 Å². The molecule has 0 amide bonds. The van der Waals surface area contributed by atoms with Crippen molar-refractivity contribution in [3.8, 4) is 11.6 Å². The minimum Gasteiger partial charge on any atom is -0.437 e. The van der Waals surface area contributed by atoms with Crippen molar-refractivity contribution in [1.82, 2.24) is 9.97 Å². The molecule has 1 aromatic heterocycles. The van der Waals surface area contributed by atoms with Crippen molar-refractivity contribution < 1.29 is 9.13 Å². The van der Waals surface area contributed by atoms with E-state index in [1.165, 1.54) is 24.4 Å². The van der Waals surface area contributed by atoms with E-state index in [-0.39, 0.29) is 27.1 Å². The van der Waals surface area contributed by atoms with Gasteiger partial charge in [0.15, 0.2) is 0 Å². The number of anilines is 1. The average molecular weight is 319 g/mol. The van der Waals surface area contributed by atoms with Gasteiger partial charge in [0.25, 0.3) is 0 Å². The molecule has 0 radical (unpaired) electrons. The van der Waals surface area contributed by atoms with E-state index in [0.29, 0.717) is 5.75 Å². The van der Waals surface area contributed by atoms with Crippen LogP contribution >= 0.6 is 27.5 Å². The second kappa shape index (κ2) is 4.85. The molecule has 0 fully saturated rings. The fourth-order valence-electron chi connectivity index (χ4n) is 1.09. The molecule has 0 aliphatic rings. The smallest absolute Gasteiger partial charge is 0.247 e. The molecule has 0 unspecified atom stereocenters. The first-order valence-corrected chi connectivity index (χ1v) is 5.64. The first kappa shape index (κ1) is 12.1. The van der Waals surface area contributed by atoms with Gasteiger partial charge in [-0.2, -0.15) is 4.98 Å². The van der Waals surface area contributed by atoms with Crippen molar-refractivity contribution in [2.75, 3.05) is 5.73 Å². The minimum atomic E-state index is -0.383. The van der Waals surface area contributed by atoms with Gasteiger partial charge in [-0.1, -0.05) is 0 Å². The number of hydrogen-bond donors (Lipinski definition) is 1. The number of halogens is 3. The molecule has 0 bridgehead atoms. The summed E-state index contributed by atoms with van der Waals surface area (Å²) in [6.07, 6.45) is 1.34. The van der Waals surface area contributed by atoms with Crippen LogP contribution in [0.3, 0.4) is 0 Å². The molecule has 7 heteroatoms. The Labute approximate surface area is 110 Å². The summed E-state index contributed by atoms with van der Waals surface area (Å²) in [5, 5.41) is 0.0235. The summed E-state index contributed by atoms with van der Waals surface area (Å²) >= 11 is 8.66. The second-order valence-electron chi connectivity index (χ2n) is 3.08. The number of benzene rings is 1. The van der Waals surface area contributed by atoms with Crippen LogP contribution < -0.4 is 10.5 Å². The lowest BCUT2D eigenvalue weighted by Gasteiger charge is -2.07. The Balaban J connectivity index is 2.31. The third-order valence-corrected chi connectivity index (χ3v) is 2.65. The van der Waals surface area contributed by atoms with Crippen LogP contribution in [0.5, 0.6) is 11.6 Å². The fraction of sp³-hybridized carbons (Fsp3) is 0. The third kappa shape index (κ3) is 2.83. The van der Waals surface area contributed by atoms with E-state index in [0.717, 1.165) is 0 Å². The van der Waals surface area contributed by atoms with Gasteiger partial charge in [0.05, 0.1) is 10.7 Å². The number of ether oxygens (including phenoxy) is 1. The summed E-state index contributed by atoms with van der Waals surface area (Å²) in [7, 11) is 0. The Kier molecular flexibility index (Phi) is 3.44.